The second kappa shape index (κ2) is 6.65. The van der Waals surface area contributed by atoms with Crippen molar-refractivity contribution in [3.05, 3.63) is 65.2 Å². The molecular formula is C19H21NO2. The fourth-order valence-corrected chi connectivity index (χ4v) is 2.85. The van der Waals surface area contributed by atoms with Crippen molar-refractivity contribution < 1.29 is 9.53 Å². The van der Waals surface area contributed by atoms with Crippen LogP contribution in [-0.4, -0.2) is 19.1 Å². The molecule has 0 N–H and O–H groups in total. The van der Waals surface area contributed by atoms with E-state index in [1.54, 1.807) is 0 Å². The second-order valence-electron chi connectivity index (χ2n) is 5.78. The molecule has 0 radical (unpaired) electrons. The standard InChI is InChI=1S/C19H21NO2/c1-15-9-10-18(20-11-5-6-12-20)17(13-15)19(21)22-14-16-7-3-2-4-8-16/h2-4,7-10,13H,5-6,11-12,14H2,1H3. The van der Waals surface area contributed by atoms with Crippen molar-refractivity contribution in [2.24, 2.45) is 0 Å². The number of aryl methyl sites for hydroxylation is 1. The molecule has 114 valence electrons. The first-order valence-electron chi connectivity index (χ1n) is 7.81. The molecule has 0 bridgehead atoms. The summed E-state index contributed by atoms with van der Waals surface area (Å²) in [5, 5.41) is 0. The Morgan fingerprint density at radius 1 is 1.09 bits per heavy atom. The Morgan fingerprint density at radius 3 is 2.55 bits per heavy atom. The zero-order valence-electron chi connectivity index (χ0n) is 12.9. The highest BCUT2D eigenvalue weighted by atomic mass is 16.5. The summed E-state index contributed by atoms with van der Waals surface area (Å²) >= 11 is 0. The van der Waals surface area contributed by atoms with E-state index in [0.717, 1.165) is 29.9 Å². The van der Waals surface area contributed by atoms with Crippen LogP contribution >= 0.6 is 0 Å². The maximum atomic E-state index is 12.5. The second-order valence-corrected chi connectivity index (χ2v) is 5.78. The lowest BCUT2D eigenvalue weighted by atomic mass is 10.1. The van der Waals surface area contributed by atoms with E-state index in [2.05, 4.69) is 11.0 Å². The summed E-state index contributed by atoms with van der Waals surface area (Å²) in [6, 6.07) is 15.8. The van der Waals surface area contributed by atoms with Crippen LogP contribution in [-0.2, 0) is 11.3 Å². The Labute approximate surface area is 131 Å². The molecule has 0 spiro atoms. The monoisotopic (exact) mass is 295 g/mol. The Balaban J connectivity index is 1.77. The van der Waals surface area contributed by atoms with Gasteiger partial charge in [0.2, 0.25) is 0 Å². The number of hydrogen-bond donors (Lipinski definition) is 0. The van der Waals surface area contributed by atoms with E-state index in [-0.39, 0.29) is 5.97 Å². The van der Waals surface area contributed by atoms with Crippen molar-refractivity contribution in [1.29, 1.82) is 0 Å². The molecule has 3 rings (SSSR count). The normalized spacial score (nSPS) is 14.1. The van der Waals surface area contributed by atoms with Gasteiger partial charge in [0.15, 0.2) is 0 Å². The molecule has 1 saturated heterocycles. The fraction of sp³-hybridized carbons (Fsp3) is 0.316. The molecular weight excluding hydrogens is 274 g/mol. The third-order valence-corrected chi connectivity index (χ3v) is 4.03. The number of nitrogens with zero attached hydrogens (tertiary/aromatic N) is 1. The van der Waals surface area contributed by atoms with Gasteiger partial charge >= 0.3 is 5.97 Å². The first kappa shape index (κ1) is 14.6. The van der Waals surface area contributed by atoms with Gasteiger partial charge in [-0.3, -0.25) is 0 Å². The van der Waals surface area contributed by atoms with Crippen LogP contribution in [0.1, 0.15) is 34.3 Å². The summed E-state index contributed by atoms with van der Waals surface area (Å²) < 4.78 is 5.50. The van der Waals surface area contributed by atoms with Gasteiger partial charge in [0.05, 0.1) is 11.3 Å². The first-order chi connectivity index (χ1) is 10.7. The molecule has 1 heterocycles. The molecule has 22 heavy (non-hydrogen) atoms. The van der Waals surface area contributed by atoms with E-state index in [4.69, 9.17) is 4.74 Å². The van der Waals surface area contributed by atoms with E-state index < -0.39 is 0 Å². The summed E-state index contributed by atoms with van der Waals surface area (Å²) in [5.41, 5.74) is 3.76. The van der Waals surface area contributed by atoms with Gasteiger partial charge < -0.3 is 9.64 Å². The molecule has 0 aromatic heterocycles. The Bertz CT molecular complexity index is 646. The number of ether oxygens (including phenoxy) is 1. The number of anilines is 1. The predicted molar refractivity (Wildman–Crippen MR) is 88.2 cm³/mol. The average Bonchev–Trinajstić information content (AvgIpc) is 3.08. The van der Waals surface area contributed by atoms with Crippen LogP contribution in [0.3, 0.4) is 0 Å². The summed E-state index contributed by atoms with van der Waals surface area (Å²) in [6.07, 6.45) is 2.37. The van der Waals surface area contributed by atoms with Gasteiger partial charge in [-0.15, -0.1) is 0 Å². The highest BCUT2D eigenvalue weighted by Crippen LogP contribution is 2.26. The summed E-state index contributed by atoms with van der Waals surface area (Å²) in [4.78, 5) is 14.8. The topological polar surface area (TPSA) is 29.5 Å². The van der Waals surface area contributed by atoms with Gasteiger partial charge in [-0.25, -0.2) is 4.79 Å². The molecule has 0 aliphatic carbocycles. The average molecular weight is 295 g/mol. The Morgan fingerprint density at radius 2 is 1.82 bits per heavy atom. The van der Waals surface area contributed by atoms with Crippen LogP contribution in [0.15, 0.2) is 48.5 Å². The van der Waals surface area contributed by atoms with Crippen LogP contribution in [0.25, 0.3) is 0 Å². The molecule has 3 heteroatoms. The molecule has 3 nitrogen and oxygen atoms in total. The summed E-state index contributed by atoms with van der Waals surface area (Å²) in [7, 11) is 0. The van der Waals surface area contributed by atoms with Gasteiger partial charge in [0.1, 0.15) is 6.61 Å². The fourth-order valence-electron chi connectivity index (χ4n) is 2.85. The number of benzene rings is 2. The van der Waals surface area contributed by atoms with Crippen molar-refractivity contribution in [1.82, 2.24) is 0 Å². The molecule has 1 aliphatic rings. The van der Waals surface area contributed by atoms with Crippen LogP contribution in [0.4, 0.5) is 5.69 Å². The largest absolute Gasteiger partial charge is 0.457 e. The highest BCUT2D eigenvalue weighted by molar-refractivity contribution is 5.96. The number of esters is 1. The lowest BCUT2D eigenvalue weighted by Gasteiger charge is -2.21. The van der Waals surface area contributed by atoms with Crippen molar-refractivity contribution in [3.63, 3.8) is 0 Å². The van der Waals surface area contributed by atoms with Gasteiger partial charge in [0, 0.05) is 13.1 Å². The molecule has 0 amide bonds. The minimum atomic E-state index is -0.241. The molecule has 0 saturated carbocycles. The first-order valence-corrected chi connectivity index (χ1v) is 7.81. The lowest BCUT2D eigenvalue weighted by molar-refractivity contribution is 0.0473. The van der Waals surface area contributed by atoms with Crippen molar-refractivity contribution in [3.8, 4) is 0 Å². The van der Waals surface area contributed by atoms with Gasteiger partial charge in [-0.05, 0) is 37.5 Å². The molecule has 2 aromatic carbocycles. The number of rotatable bonds is 4. The maximum absolute atomic E-state index is 12.5. The van der Waals surface area contributed by atoms with E-state index in [1.165, 1.54) is 12.8 Å². The zero-order chi connectivity index (χ0) is 15.4. The number of carbonyl (C=O) groups is 1. The summed E-state index contributed by atoms with van der Waals surface area (Å²) in [6.45, 7) is 4.35. The third-order valence-electron chi connectivity index (χ3n) is 4.03. The van der Waals surface area contributed by atoms with Crippen LogP contribution in [0.5, 0.6) is 0 Å². The molecule has 0 atom stereocenters. The minimum absolute atomic E-state index is 0.241. The SMILES string of the molecule is Cc1ccc(N2CCCC2)c(C(=O)OCc2ccccc2)c1. The molecule has 2 aromatic rings. The van der Waals surface area contributed by atoms with Gasteiger partial charge in [-0.2, -0.15) is 0 Å². The Hall–Kier alpha value is -2.29. The van der Waals surface area contributed by atoms with Crippen LogP contribution in [0.2, 0.25) is 0 Å². The zero-order valence-corrected chi connectivity index (χ0v) is 12.9. The van der Waals surface area contributed by atoms with Gasteiger partial charge in [-0.1, -0.05) is 42.0 Å². The van der Waals surface area contributed by atoms with E-state index in [1.807, 2.05) is 49.4 Å². The maximum Gasteiger partial charge on any atom is 0.340 e. The van der Waals surface area contributed by atoms with Crippen LogP contribution < -0.4 is 4.90 Å². The lowest BCUT2D eigenvalue weighted by Crippen LogP contribution is -2.21. The van der Waals surface area contributed by atoms with E-state index in [9.17, 15) is 4.79 Å². The van der Waals surface area contributed by atoms with Gasteiger partial charge in [0.25, 0.3) is 0 Å². The Kier molecular flexibility index (Phi) is 4.42. The van der Waals surface area contributed by atoms with Crippen molar-refractivity contribution in [2.75, 3.05) is 18.0 Å². The minimum Gasteiger partial charge on any atom is -0.457 e. The van der Waals surface area contributed by atoms with Crippen molar-refractivity contribution in [2.45, 2.75) is 26.4 Å². The summed E-state index contributed by atoms with van der Waals surface area (Å²) in [5.74, 6) is -0.241. The predicted octanol–water partition coefficient (Wildman–Crippen LogP) is 3.95. The van der Waals surface area contributed by atoms with Crippen molar-refractivity contribution >= 4 is 11.7 Å². The molecule has 1 aliphatic heterocycles. The quantitative estimate of drug-likeness (QED) is 0.800. The van der Waals surface area contributed by atoms with Crippen LogP contribution in [0, 0.1) is 6.92 Å². The third kappa shape index (κ3) is 3.30. The number of carbonyl (C=O) groups excluding carboxylic acids is 1. The molecule has 0 unspecified atom stereocenters. The smallest absolute Gasteiger partial charge is 0.340 e. The van der Waals surface area contributed by atoms with E-state index >= 15 is 0 Å². The van der Waals surface area contributed by atoms with E-state index in [0.29, 0.717) is 12.2 Å². The molecule has 1 fully saturated rings. The highest BCUT2D eigenvalue weighted by Gasteiger charge is 2.20. The number of hydrogen-bond acceptors (Lipinski definition) is 3.